The molecule has 3 aliphatic rings. The Morgan fingerprint density at radius 3 is 3.04 bits per heavy atom. The molecule has 0 aliphatic carbocycles. The minimum absolute atomic E-state index is 0.00180. The molecule has 3 aliphatic heterocycles. The smallest absolute Gasteiger partial charge is 0.255 e. The molecule has 25 heavy (non-hydrogen) atoms. The van der Waals surface area contributed by atoms with Crippen LogP contribution in [0, 0.1) is 5.92 Å². The minimum atomic E-state index is -0.240. The fourth-order valence-electron chi connectivity index (χ4n) is 4.00. The molecule has 1 aromatic heterocycles. The summed E-state index contributed by atoms with van der Waals surface area (Å²) in [6.45, 7) is 4.46. The van der Waals surface area contributed by atoms with E-state index >= 15 is 0 Å². The van der Waals surface area contributed by atoms with E-state index in [9.17, 15) is 4.79 Å². The van der Waals surface area contributed by atoms with Crippen LogP contribution in [0.3, 0.4) is 0 Å². The van der Waals surface area contributed by atoms with Gasteiger partial charge in [0.2, 0.25) is 0 Å². The molecular formula is C18H25N3O4. The van der Waals surface area contributed by atoms with Crippen LogP contribution in [0.4, 0.5) is 0 Å². The Morgan fingerprint density at radius 2 is 2.24 bits per heavy atom. The van der Waals surface area contributed by atoms with Crippen LogP contribution < -0.4 is 0 Å². The second kappa shape index (κ2) is 7.35. The van der Waals surface area contributed by atoms with Gasteiger partial charge in [-0.15, -0.1) is 0 Å². The molecule has 0 bridgehead atoms. The van der Waals surface area contributed by atoms with Gasteiger partial charge in [-0.25, -0.2) is 0 Å². The molecule has 7 nitrogen and oxygen atoms in total. The summed E-state index contributed by atoms with van der Waals surface area (Å²) >= 11 is 0. The van der Waals surface area contributed by atoms with Gasteiger partial charge in [0.15, 0.2) is 0 Å². The van der Waals surface area contributed by atoms with Crippen LogP contribution in [0.1, 0.15) is 36.0 Å². The van der Waals surface area contributed by atoms with E-state index in [-0.39, 0.29) is 17.6 Å². The van der Waals surface area contributed by atoms with Crippen molar-refractivity contribution < 1.29 is 19.0 Å². The van der Waals surface area contributed by atoms with E-state index < -0.39 is 0 Å². The number of amides is 1. The molecule has 0 aromatic carbocycles. The van der Waals surface area contributed by atoms with Crippen molar-refractivity contribution in [2.45, 2.75) is 37.4 Å². The second-order valence-electron chi connectivity index (χ2n) is 7.32. The van der Waals surface area contributed by atoms with Gasteiger partial charge in [0.25, 0.3) is 5.91 Å². The van der Waals surface area contributed by atoms with Crippen molar-refractivity contribution in [3.63, 3.8) is 0 Å². The largest absolute Gasteiger partial charge is 0.381 e. The maximum atomic E-state index is 12.6. The van der Waals surface area contributed by atoms with Gasteiger partial charge in [0.1, 0.15) is 0 Å². The third kappa shape index (κ3) is 3.83. The summed E-state index contributed by atoms with van der Waals surface area (Å²) in [7, 11) is 0. The molecule has 3 saturated heterocycles. The maximum Gasteiger partial charge on any atom is 0.255 e. The van der Waals surface area contributed by atoms with E-state index in [0.29, 0.717) is 31.2 Å². The van der Waals surface area contributed by atoms with E-state index in [2.05, 4.69) is 10.2 Å². The lowest BCUT2D eigenvalue weighted by molar-refractivity contribution is -0.0186. The van der Waals surface area contributed by atoms with E-state index in [1.807, 2.05) is 4.90 Å². The van der Waals surface area contributed by atoms with Crippen molar-refractivity contribution in [2.75, 3.05) is 39.5 Å². The maximum absolute atomic E-state index is 12.6. The van der Waals surface area contributed by atoms with Crippen molar-refractivity contribution in [2.24, 2.45) is 5.92 Å². The minimum Gasteiger partial charge on any atom is -0.381 e. The predicted molar refractivity (Wildman–Crippen MR) is 89.1 cm³/mol. The summed E-state index contributed by atoms with van der Waals surface area (Å²) in [5.74, 6) is 0.605. The topological polar surface area (TPSA) is 73.8 Å². The Kier molecular flexibility index (Phi) is 4.96. The summed E-state index contributed by atoms with van der Waals surface area (Å²) in [5, 5.41) is 7.51. The quantitative estimate of drug-likeness (QED) is 0.817. The third-order valence-electron chi connectivity index (χ3n) is 5.52. The lowest BCUT2D eigenvalue weighted by atomic mass is 9.98. The van der Waals surface area contributed by atoms with Crippen LogP contribution in [-0.4, -0.2) is 72.2 Å². The van der Waals surface area contributed by atoms with Gasteiger partial charge in [-0.3, -0.25) is 4.79 Å². The molecule has 1 spiro atoms. The van der Waals surface area contributed by atoms with Gasteiger partial charge >= 0.3 is 0 Å². The van der Waals surface area contributed by atoms with E-state index in [4.69, 9.17) is 14.2 Å². The lowest BCUT2D eigenvalue weighted by Crippen LogP contribution is -2.36. The molecule has 2 atom stereocenters. The Balaban J connectivity index is 1.28. The highest BCUT2D eigenvalue weighted by Crippen LogP contribution is 2.37. The highest BCUT2D eigenvalue weighted by Gasteiger charge is 2.47. The highest BCUT2D eigenvalue weighted by molar-refractivity contribution is 5.94. The molecule has 0 N–H and O–H groups in total. The zero-order valence-electron chi connectivity index (χ0n) is 14.4. The number of carbonyl (C=O) groups excluding carboxylic acids is 1. The zero-order valence-corrected chi connectivity index (χ0v) is 14.4. The summed E-state index contributed by atoms with van der Waals surface area (Å²) < 4.78 is 17.6. The summed E-state index contributed by atoms with van der Waals surface area (Å²) in [6.07, 6.45) is 7.11. The third-order valence-corrected chi connectivity index (χ3v) is 5.52. The van der Waals surface area contributed by atoms with E-state index in [0.717, 1.165) is 45.5 Å². The SMILES string of the molecule is O=C(c1ccnnc1)N1CC[C@@]2(C[C@@H](OCC3CCOCC3)CO2)C1. The van der Waals surface area contributed by atoms with Gasteiger partial charge in [0, 0.05) is 26.2 Å². The fraction of sp³-hybridized carbons (Fsp3) is 0.722. The lowest BCUT2D eigenvalue weighted by Gasteiger charge is -2.24. The predicted octanol–water partition coefficient (Wildman–Crippen LogP) is 1.29. The molecule has 4 heterocycles. The number of hydrogen-bond donors (Lipinski definition) is 0. The first-order valence-electron chi connectivity index (χ1n) is 9.13. The van der Waals surface area contributed by atoms with Crippen LogP contribution in [0.5, 0.6) is 0 Å². The number of carbonyl (C=O) groups is 1. The molecule has 136 valence electrons. The van der Waals surface area contributed by atoms with Crippen LogP contribution in [0.2, 0.25) is 0 Å². The first-order chi connectivity index (χ1) is 12.2. The number of likely N-dealkylation sites (tertiary alicyclic amines) is 1. The molecule has 0 unspecified atom stereocenters. The van der Waals surface area contributed by atoms with E-state index in [1.165, 1.54) is 6.20 Å². The van der Waals surface area contributed by atoms with Crippen molar-refractivity contribution in [3.8, 4) is 0 Å². The number of aromatic nitrogens is 2. The molecule has 1 aromatic rings. The van der Waals surface area contributed by atoms with Crippen molar-refractivity contribution in [3.05, 3.63) is 24.0 Å². The monoisotopic (exact) mass is 347 g/mol. The Hall–Kier alpha value is -1.57. The summed E-state index contributed by atoms with van der Waals surface area (Å²) in [4.78, 5) is 14.4. The van der Waals surface area contributed by atoms with Gasteiger partial charge in [-0.05, 0) is 31.2 Å². The van der Waals surface area contributed by atoms with Gasteiger partial charge in [-0.1, -0.05) is 0 Å². The van der Waals surface area contributed by atoms with E-state index in [1.54, 1.807) is 12.3 Å². The Labute approximate surface area is 147 Å². The number of nitrogens with zero attached hydrogens (tertiary/aromatic N) is 3. The molecular weight excluding hydrogens is 322 g/mol. The summed E-state index contributed by atoms with van der Waals surface area (Å²) in [6, 6.07) is 1.70. The fourth-order valence-corrected chi connectivity index (χ4v) is 4.00. The number of rotatable bonds is 4. The van der Waals surface area contributed by atoms with Gasteiger partial charge in [-0.2, -0.15) is 10.2 Å². The van der Waals surface area contributed by atoms with Crippen molar-refractivity contribution >= 4 is 5.91 Å². The average molecular weight is 347 g/mol. The normalized spacial score (nSPS) is 30.2. The second-order valence-corrected chi connectivity index (χ2v) is 7.32. The van der Waals surface area contributed by atoms with Gasteiger partial charge in [0.05, 0.1) is 49.4 Å². The molecule has 0 saturated carbocycles. The first kappa shape index (κ1) is 16.9. The van der Waals surface area contributed by atoms with Crippen LogP contribution in [0.25, 0.3) is 0 Å². The molecule has 4 rings (SSSR count). The number of hydrogen-bond acceptors (Lipinski definition) is 6. The van der Waals surface area contributed by atoms with Crippen LogP contribution >= 0.6 is 0 Å². The van der Waals surface area contributed by atoms with Crippen molar-refractivity contribution in [1.82, 2.24) is 15.1 Å². The van der Waals surface area contributed by atoms with Crippen molar-refractivity contribution in [1.29, 1.82) is 0 Å². The molecule has 1 amide bonds. The number of ether oxygens (including phenoxy) is 3. The molecule has 7 heteroatoms. The first-order valence-corrected chi connectivity index (χ1v) is 9.13. The Morgan fingerprint density at radius 1 is 1.36 bits per heavy atom. The van der Waals surface area contributed by atoms with Crippen LogP contribution in [-0.2, 0) is 14.2 Å². The molecule has 0 radical (unpaired) electrons. The standard InChI is InChI=1S/C18H25N3O4/c22-17(15-1-5-19-20-10-15)21-6-4-18(13-21)9-16(12-25-18)24-11-14-2-7-23-8-3-14/h1,5,10,14,16H,2-4,6-9,11-13H2/t16-,18-/m1/s1. The summed E-state index contributed by atoms with van der Waals surface area (Å²) in [5.41, 5.74) is 0.341. The van der Waals surface area contributed by atoms with Crippen LogP contribution in [0.15, 0.2) is 18.5 Å². The zero-order chi connectivity index (χ0) is 17.1. The highest BCUT2D eigenvalue weighted by atomic mass is 16.6. The molecule has 3 fully saturated rings. The van der Waals surface area contributed by atoms with Gasteiger partial charge < -0.3 is 19.1 Å². The Bertz CT molecular complexity index is 593. The average Bonchev–Trinajstić information content (AvgIpc) is 3.28.